The van der Waals surface area contributed by atoms with Crippen LogP contribution in [-0.2, 0) is 0 Å². The highest BCUT2D eigenvalue weighted by atomic mass is 79.9. The van der Waals surface area contributed by atoms with E-state index in [4.69, 9.17) is 5.73 Å². The van der Waals surface area contributed by atoms with Crippen molar-refractivity contribution in [2.75, 3.05) is 12.3 Å². The molecule has 1 aromatic rings. The van der Waals surface area contributed by atoms with E-state index in [2.05, 4.69) is 28.2 Å². The average molecular weight is 320 g/mol. The normalized spacial score (nSPS) is 21.5. The fourth-order valence-corrected chi connectivity index (χ4v) is 2.12. The zero-order valence-corrected chi connectivity index (χ0v) is 12.0. The molecule has 1 amide bonds. The number of carbonyl (C=O) groups excluding carboxylic acids is 1. The molecule has 2 unspecified atom stereocenters. The fourth-order valence-electron chi connectivity index (χ4n) is 1.74. The molecule has 0 aliphatic heterocycles. The summed E-state index contributed by atoms with van der Waals surface area (Å²) in [6.07, 6.45) is 1.22. The summed E-state index contributed by atoms with van der Waals surface area (Å²) >= 11 is 3.31. The molecule has 1 saturated carbocycles. The molecule has 1 aliphatic rings. The van der Waals surface area contributed by atoms with Gasteiger partial charge >= 0.3 is 0 Å². The predicted octanol–water partition coefficient (Wildman–Crippen LogP) is 2.84. The molecule has 0 radical (unpaired) electrons. The maximum absolute atomic E-state index is 11.8. The summed E-state index contributed by atoms with van der Waals surface area (Å²) < 4.78 is 0.886. The van der Waals surface area contributed by atoms with E-state index in [0.717, 1.165) is 16.9 Å². The number of amides is 1. The first kappa shape index (κ1) is 14.3. The molecule has 0 saturated heterocycles. The Morgan fingerprint density at radius 3 is 2.76 bits per heavy atom. The molecular formula is C12H16BrClN2O. The van der Waals surface area contributed by atoms with Crippen molar-refractivity contribution in [1.29, 1.82) is 0 Å². The van der Waals surface area contributed by atoms with Gasteiger partial charge in [-0.15, -0.1) is 12.4 Å². The molecule has 0 spiro atoms. The van der Waals surface area contributed by atoms with Gasteiger partial charge in [0.05, 0.1) is 5.56 Å². The number of benzene rings is 1. The molecule has 3 nitrogen and oxygen atoms in total. The van der Waals surface area contributed by atoms with Crippen molar-refractivity contribution in [1.82, 2.24) is 5.32 Å². The number of anilines is 1. The van der Waals surface area contributed by atoms with Crippen molar-refractivity contribution in [3.8, 4) is 0 Å². The van der Waals surface area contributed by atoms with Gasteiger partial charge in [-0.2, -0.15) is 0 Å². The Labute approximate surface area is 116 Å². The van der Waals surface area contributed by atoms with E-state index in [1.165, 1.54) is 6.42 Å². The highest BCUT2D eigenvalue weighted by Crippen LogP contribution is 2.36. The molecule has 2 rings (SSSR count). The maximum atomic E-state index is 11.8. The number of halogens is 2. The molecule has 17 heavy (non-hydrogen) atoms. The third-order valence-corrected chi connectivity index (χ3v) is 3.55. The van der Waals surface area contributed by atoms with Crippen molar-refractivity contribution in [3.05, 3.63) is 28.2 Å². The summed E-state index contributed by atoms with van der Waals surface area (Å²) in [4.78, 5) is 11.8. The molecule has 3 N–H and O–H groups in total. The SMILES string of the molecule is CC1CC1CNC(=O)c1ccc(Br)cc1N.Cl. The summed E-state index contributed by atoms with van der Waals surface area (Å²) in [6.45, 7) is 2.96. The molecule has 2 atom stereocenters. The largest absolute Gasteiger partial charge is 0.398 e. The van der Waals surface area contributed by atoms with Crippen LogP contribution in [0.5, 0.6) is 0 Å². The summed E-state index contributed by atoms with van der Waals surface area (Å²) in [5.41, 5.74) is 6.84. The number of hydrogen-bond acceptors (Lipinski definition) is 2. The summed E-state index contributed by atoms with van der Waals surface area (Å²) in [5, 5.41) is 2.92. The van der Waals surface area contributed by atoms with Gasteiger partial charge in [0.2, 0.25) is 0 Å². The fraction of sp³-hybridized carbons (Fsp3) is 0.417. The molecule has 1 aromatic carbocycles. The summed E-state index contributed by atoms with van der Waals surface area (Å²) in [5.74, 6) is 1.33. The van der Waals surface area contributed by atoms with E-state index < -0.39 is 0 Å². The van der Waals surface area contributed by atoms with E-state index >= 15 is 0 Å². The van der Waals surface area contributed by atoms with Crippen LogP contribution in [0.15, 0.2) is 22.7 Å². The van der Waals surface area contributed by atoms with Crippen molar-refractivity contribution in [2.45, 2.75) is 13.3 Å². The van der Waals surface area contributed by atoms with Crippen molar-refractivity contribution in [3.63, 3.8) is 0 Å². The van der Waals surface area contributed by atoms with Gasteiger partial charge in [-0.1, -0.05) is 22.9 Å². The Bertz CT molecular complexity index is 425. The Morgan fingerprint density at radius 2 is 2.24 bits per heavy atom. The van der Waals surface area contributed by atoms with E-state index in [1.807, 2.05) is 6.07 Å². The number of nitrogens with one attached hydrogen (secondary N) is 1. The van der Waals surface area contributed by atoms with Gasteiger partial charge in [-0.25, -0.2) is 0 Å². The van der Waals surface area contributed by atoms with Crippen LogP contribution in [0.25, 0.3) is 0 Å². The van der Waals surface area contributed by atoms with Crippen LogP contribution in [0, 0.1) is 11.8 Å². The third-order valence-electron chi connectivity index (χ3n) is 3.06. The van der Waals surface area contributed by atoms with E-state index in [9.17, 15) is 4.79 Å². The first-order chi connectivity index (χ1) is 7.58. The van der Waals surface area contributed by atoms with Crippen LogP contribution in [0.4, 0.5) is 5.69 Å². The lowest BCUT2D eigenvalue weighted by Crippen LogP contribution is -2.26. The van der Waals surface area contributed by atoms with Crippen LogP contribution in [0.2, 0.25) is 0 Å². The first-order valence-corrected chi connectivity index (χ1v) is 6.20. The Hall–Kier alpha value is -0.740. The summed E-state index contributed by atoms with van der Waals surface area (Å²) in [7, 11) is 0. The van der Waals surface area contributed by atoms with E-state index in [1.54, 1.807) is 12.1 Å². The first-order valence-electron chi connectivity index (χ1n) is 5.41. The van der Waals surface area contributed by atoms with Crippen LogP contribution in [0.3, 0.4) is 0 Å². The monoisotopic (exact) mass is 318 g/mol. The van der Waals surface area contributed by atoms with E-state index in [0.29, 0.717) is 17.2 Å². The minimum Gasteiger partial charge on any atom is -0.398 e. The lowest BCUT2D eigenvalue weighted by atomic mass is 10.1. The Morgan fingerprint density at radius 1 is 1.59 bits per heavy atom. The second-order valence-electron chi connectivity index (χ2n) is 4.41. The second kappa shape index (κ2) is 5.74. The lowest BCUT2D eigenvalue weighted by Gasteiger charge is -2.07. The lowest BCUT2D eigenvalue weighted by molar-refractivity contribution is 0.0952. The minimum atomic E-state index is -0.0795. The van der Waals surface area contributed by atoms with Gasteiger partial charge in [0.25, 0.3) is 5.91 Å². The molecule has 94 valence electrons. The number of hydrogen-bond donors (Lipinski definition) is 2. The molecule has 0 heterocycles. The summed E-state index contributed by atoms with van der Waals surface area (Å²) in [6, 6.07) is 5.31. The van der Waals surface area contributed by atoms with Crippen LogP contribution >= 0.6 is 28.3 Å². The average Bonchev–Trinajstić information content (AvgIpc) is 2.91. The van der Waals surface area contributed by atoms with Crippen molar-refractivity contribution < 1.29 is 4.79 Å². The quantitative estimate of drug-likeness (QED) is 0.842. The molecular weight excluding hydrogens is 304 g/mol. The number of nitrogens with two attached hydrogens (primary N) is 1. The molecule has 0 bridgehead atoms. The van der Waals surface area contributed by atoms with Gasteiger partial charge in [0.15, 0.2) is 0 Å². The van der Waals surface area contributed by atoms with Crippen LogP contribution in [0.1, 0.15) is 23.7 Å². The van der Waals surface area contributed by atoms with Crippen molar-refractivity contribution in [2.24, 2.45) is 11.8 Å². The topological polar surface area (TPSA) is 55.1 Å². The highest BCUT2D eigenvalue weighted by molar-refractivity contribution is 9.10. The smallest absolute Gasteiger partial charge is 0.253 e. The number of nitrogen functional groups attached to an aromatic ring is 1. The van der Waals surface area contributed by atoms with Gasteiger partial charge in [0.1, 0.15) is 0 Å². The molecule has 0 aromatic heterocycles. The standard InChI is InChI=1S/C12H15BrN2O.ClH/c1-7-4-8(7)6-15-12(16)10-3-2-9(13)5-11(10)14;/h2-3,5,7-8H,4,6,14H2,1H3,(H,15,16);1H. The number of rotatable bonds is 3. The Kier molecular flexibility index (Phi) is 4.83. The van der Waals surface area contributed by atoms with Gasteiger partial charge in [0, 0.05) is 16.7 Å². The van der Waals surface area contributed by atoms with Crippen molar-refractivity contribution >= 4 is 39.9 Å². The van der Waals surface area contributed by atoms with E-state index in [-0.39, 0.29) is 18.3 Å². The maximum Gasteiger partial charge on any atom is 0.253 e. The molecule has 1 aliphatic carbocycles. The van der Waals surface area contributed by atoms with Gasteiger partial charge < -0.3 is 11.1 Å². The zero-order chi connectivity index (χ0) is 11.7. The molecule has 1 fully saturated rings. The molecule has 5 heteroatoms. The third kappa shape index (κ3) is 3.61. The van der Waals surface area contributed by atoms with Crippen LogP contribution in [-0.4, -0.2) is 12.5 Å². The van der Waals surface area contributed by atoms with Gasteiger partial charge in [-0.3, -0.25) is 4.79 Å². The predicted molar refractivity (Wildman–Crippen MR) is 75.4 cm³/mol. The Balaban J connectivity index is 0.00000144. The van der Waals surface area contributed by atoms with Crippen LogP contribution < -0.4 is 11.1 Å². The minimum absolute atomic E-state index is 0. The second-order valence-corrected chi connectivity index (χ2v) is 5.33. The zero-order valence-electron chi connectivity index (χ0n) is 9.57. The highest BCUT2D eigenvalue weighted by Gasteiger charge is 2.32. The van der Waals surface area contributed by atoms with Gasteiger partial charge in [-0.05, 0) is 36.5 Å². The number of carbonyl (C=O) groups is 1.